The van der Waals surface area contributed by atoms with Crippen molar-refractivity contribution in [2.45, 2.75) is 32.7 Å². The molecule has 1 fully saturated rings. The Hall–Kier alpha value is -0.770. The molecule has 1 saturated heterocycles. The summed E-state index contributed by atoms with van der Waals surface area (Å²) in [5.41, 5.74) is 5.77. The molecule has 0 bridgehead atoms. The highest BCUT2D eigenvalue weighted by atomic mass is 15.2. The van der Waals surface area contributed by atoms with Gasteiger partial charge in [-0.05, 0) is 32.4 Å². The number of hydrogen-bond acceptors (Lipinski definition) is 2. The van der Waals surface area contributed by atoms with E-state index in [0.29, 0.717) is 17.9 Å². The highest BCUT2D eigenvalue weighted by Gasteiger charge is 2.20. The van der Waals surface area contributed by atoms with Gasteiger partial charge in [-0.3, -0.25) is 4.99 Å². The highest BCUT2D eigenvalue weighted by molar-refractivity contribution is 5.77. The lowest BCUT2D eigenvalue weighted by Crippen LogP contribution is -2.41. The largest absolute Gasteiger partial charge is 0.370 e. The third kappa shape index (κ3) is 4.51. The quantitative estimate of drug-likeness (QED) is 0.531. The van der Waals surface area contributed by atoms with Gasteiger partial charge in [0.15, 0.2) is 5.96 Å². The van der Waals surface area contributed by atoms with E-state index in [0.717, 1.165) is 13.1 Å². The molecule has 0 spiro atoms. The molecule has 0 saturated carbocycles. The number of nitrogens with one attached hydrogen (secondary N) is 1. The SMILES string of the molecule is CC(C)CN=C(N)NCC1CCCN1C. The van der Waals surface area contributed by atoms with Crippen LogP contribution in [-0.4, -0.2) is 43.6 Å². The molecule has 1 atom stereocenters. The van der Waals surface area contributed by atoms with Gasteiger partial charge in [0.2, 0.25) is 0 Å². The number of nitrogens with two attached hydrogens (primary N) is 1. The molecule has 4 nitrogen and oxygen atoms in total. The van der Waals surface area contributed by atoms with Crippen molar-refractivity contribution in [3.8, 4) is 0 Å². The minimum atomic E-state index is 0.569. The van der Waals surface area contributed by atoms with Crippen LogP contribution in [0.25, 0.3) is 0 Å². The first kappa shape index (κ1) is 12.3. The summed E-state index contributed by atoms with van der Waals surface area (Å²) in [7, 11) is 2.17. The second-order valence-corrected chi connectivity index (χ2v) is 4.78. The van der Waals surface area contributed by atoms with E-state index in [4.69, 9.17) is 5.73 Å². The van der Waals surface area contributed by atoms with Crippen molar-refractivity contribution in [2.24, 2.45) is 16.6 Å². The van der Waals surface area contributed by atoms with Crippen molar-refractivity contribution in [2.75, 3.05) is 26.7 Å². The van der Waals surface area contributed by atoms with Gasteiger partial charge in [-0.2, -0.15) is 0 Å². The predicted octanol–water partition coefficient (Wildman–Crippen LogP) is 0.641. The van der Waals surface area contributed by atoms with Crippen LogP contribution in [0.2, 0.25) is 0 Å². The second kappa shape index (κ2) is 5.95. The molecule has 3 N–H and O–H groups in total. The molecule has 0 aromatic heterocycles. The predicted molar refractivity (Wildman–Crippen MR) is 65.0 cm³/mol. The van der Waals surface area contributed by atoms with Gasteiger partial charge in [0, 0.05) is 19.1 Å². The van der Waals surface area contributed by atoms with E-state index in [1.165, 1.54) is 19.4 Å². The Bertz CT molecular complexity index is 213. The third-order valence-corrected chi connectivity index (χ3v) is 2.82. The molecule has 15 heavy (non-hydrogen) atoms. The van der Waals surface area contributed by atoms with Crippen molar-refractivity contribution in [3.05, 3.63) is 0 Å². The van der Waals surface area contributed by atoms with E-state index in [1.807, 2.05) is 0 Å². The molecule has 0 aromatic rings. The number of guanidine groups is 1. The van der Waals surface area contributed by atoms with Gasteiger partial charge in [-0.15, -0.1) is 0 Å². The monoisotopic (exact) mass is 212 g/mol. The van der Waals surface area contributed by atoms with Crippen LogP contribution in [0.15, 0.2) is 4.99 Å². The summed E-state index contributed by atoms with van der Waals surface area (Å²) in [6, 6.07) is 0.623. The minimum Gasteiger partial charge on any atom is -0.370 e. The number of hydrogen-bond donors (Lipinski definition) is 2. The zero-order valence-corrected chi connectivity index (χ0v) is 10.2. The standard InChI is InChI=1S/C11H24N4/c1-9(2)7-13-11(12)14-8-10-5-4-6-15(10)3/h9-10H,4-8H2,1-3H3,(H3,12,13,14). The molecule has 88 valence electrons. The number of aliphatic imine (C=N–C) groups is 1. The van der Waals surface area contributed by atoms with Crippen molar-refractivity contribution < 1.29 is 0 Å². The lowest BCUT2D eigenvalue weighted by Gasteiger charge is -2.19. The fourth-order valence-corrected chi connectivity index (χ4v) is 1.80. The Morgan fingerprint density at radius 1 is 1.60 bits per heavy atom. The Morgan fingerprint density at radius 3 is 2.87 bits per heavy atom. The molecule has 1 aliphatic rings. The summed E-state index contributed by atoms with van der Waals surface area (Å²) in [5.74, 6) is 1.16. The van der Waals surface area contributed by atoms with Gasteiger partial charge < -0.3 is 16.0 Å². The molecule has 4 heteroatoms. The fourth-order valence-electron chi connectivity index (χ4n) is 1.80. The van der Waals surface area contributed by atoms with Gasteiger partial charge in [-0.25, -0.2) is 0 Å². The summed E-state index contributed by atoms with van der Waals surface area (Å²) in [4.78, 5) is 6.65. The van der Waals surface area contributed by atoms with Crippen LogP contribution in [0.1, 0.15) is 26.7 Å². The molecule has 0 aromatic carbocycles. The Labute approximate surface area is 92.9 Å². The third-order valence-electron chi connectivity index (χ3n) is 2.82. The lowest BCUT2D eigenvalue weighted by atomic mass is 10.2. The minimum absolute atomic E-state index is 0.569. The summed E-state index contributed by atoms with van der Waals surface area (Å²) >= 11 is 0. The van der Waals surface area contributed by atoms with Gasteiger partial charge in [-0.1, -0.05) is 13.8 Å². The van der Waals surface area contributed by atoms with E-state index in [1.54, 1.807) is 0 Å². The highest BCUT2D eigenvalue weighted by Crippen LogP contribution is 2.13. The first-order valence-electron chi connectivity index (χ1n) is 5.83. The average Bonchev–Trinajstić information content (AvgIpc) is 2.58. The van der Waals surface area contributed by atoms with E-state index < -0.39 is 0 Å². The summed E-state index contributed by atoms with van der Waals surface area (Å²) in [5, 5.41) is 3.20. The zero-order chi connectivity index (χ0) is 11.3. The molecule has 1 aliphatic heterocycles. The number of likely N-dealkylation sites (tertiary alicyclic amines) is 1. The van der Waals surface area contributed by atoms with E-state index in [2.05, 4.69) is 36.1 Å². The Balaban J connectivity index is 2.21. The fraction of sp³-hybridized carbons (Fsp3) is 0.909. The number of nitrogens with zero attached hydrogens (tertiary/aromatic N) is 2. The molecular weight excluding hydrogens is 188 g/mol. The summed E-state index contributed by atoms with van der Waals surface area (Å²) in [6.07, 6.45) is 2.56. The summed E-state index contributed by atoms with van der Waals surface area (Å²) < 4.78 is 0. The van der Waals surface area contributed by atoms with Crippen LogP contribution < -0.4 is 11.1 Å². The molecule has 1 heterocycles. The van der Waals surface area contributed by atoms with E-state index in [9.17, 15) is 0 Å². The van der Waals surface area contributed by atoms with Gasteiger partial charge in [0.05, 0.1) is 0 Å². The van der Waals surface area contributed by atoms with Crippen molar-refractivity contribution in [1.82, 2.24) is 10.2 Å². The van der Waals surface area contributed by atoms with Crippen LogP contribution in [0, 0.1) is 5.92 Å². The second-order valence-electron chi connectivity index (χ2n) is 4.78. The molecule has 0 amide bonds. The van der Waals surface area contributed by atoms with Crippen LogP contribution >= 0.6 is 0 Å². The topological polar surface area (TPSA) is 53.6 Å². The van der Waals surface area contributed by atoms with Crippen LogP contribution in [0.4, 0.5) is 0 Å². The van der Waals surface area contributed by atoms with Gasteiger partial charge in [0.25, 0.3) is 0 Å². The van der Waals surface area contributed by atoms with Crippen molar-refractivity contribution in [3.63, 3.8) is 0 Å². The van der Waals surface area contributed by atoms with Gasteiger partial charge in [0.1, 0.15) is 0 Å². The Morgan fingerprint density at radius 2 is 2.33 bits per heavy atom. The average molecular weight is 212 g/mol. The van der Waals surface area contributed by atoms with Crippen molar-refractivity contribution in [1.29, 1.82) is 0 Å². The van der Waals surface area contributed by atoms with E-state index in [-0.39, 0.29) is 0 Å². The van der Waals surface area contributed by atoms with Crippen LogP contribution in [0.3, 0.4) is 0 Å². The lowest BCUT2D eigenvalue weighted by molar-refractivity contribution is 0.310. The molecular formula is C11H24N4. The maximum Gasteiger partial charge on any atom is 0.188 e. The number of likely N-dealkylation sites (N-methyl/N-ethyl adjacent to an activating group) is 1. The Kier molecular flexibility index (Phi) is 4.88. The maximum absolute atomic E-state index is 5.77. The number of rotatable bonds is 4. The molecule has 1 rings (SSSR count). The van der Waals surface area contributed by atoms with Gasteiger partial charge >= 0.3 is 0 Å². The summed E-state index contributed by atoms with van der Waals surface area (Å²) in [6.45, 7) is 7.21. The van der Waals surface area contributed by atoms with Crippen LogP contribution in [-0.2, 0) is 0 Å². The molecule has 0 aliphatic carbocycles. The van der Waals surface area contributed by atoms with Crippen molar-refractivity contribution >= 4 is 5.96 Å². The molecule has 1 unspecified atom stereocenters. The zero-order valence-electron chi connectivity index (χ0n) is 10.2. The maximum atomic E-state index is 5.77. The normalized spacial score (nSPS) is 23.7. The van der Waals surface area contributed by atoms with Crippen LogP contribution in [0.5, 0.6) is 0 Å². The first-order chi connectivity index (χ1) is 7.09. The molecule has 0 radical (unpaired) electrons. The smallest absolute Gasteiger partial charge is 0.188 e. The van der Waals surface area contributed by atoms with E-state index >= 15 is 0 Å². The first-order valence-corrected chi connectivity index (χ1v) is 5.83.